The molecule has 0 spiro atoms. The first kappa shape index (κ1) is 35.6. The van der Waals surface area contributed by atoms with Crippen LogP contribution in [-0.2, 0) is 42.9 Å². The van der Waals surface area contributed by atoms with Gasteiger partial charge in [-0.25, -0.2) is 9.59 Å². The van der Waals surface area contributed by atoms with Crippen molar-refractivity contribution in [3.8, 4) is 5.75 Å². The van der Waals surface area contributed by atoms with E-state index in [-0.39, 0.29) is 12.2 Å². The molecule has 2 N–H and O–H groups in total. The lowest BCUT2D eigenvalue weighted by atomic mass is 9.49. The predicted octanol–water partition coefficient (Wildman–Crippen LogP) is 4.03. The first-order chi connectivity index (χ1) is 24.0. The fourth-order valence-corrected chi connectivity index (χ4v) is 7.20. The highest BCUT2D eigenvalue weighted by molar-refractivity contribution is 6.22. The Bertz CT molecular complexity index is 1830. The second kappa shape index (κ2) is 14.8. The molecular weight excluding hydrogens is 648 g/mol. The van der Waals surface area contributed by atoms with E-state index in [1.165, 1.54) is 12.1 Å². The number of aliphatic hydroxyl groups excluding tert-OH is 1. The minimum Gasteiger partial charge on any atom is -0.511 e. The standard InChI is InChI=1S/C38H36O12/c1-46-34(41)28-27-20-25(29(35(42)47-2)38(45,30(27)36(43)48-3)31(32(28)39)37(44)49-4)23-15-17-24(18-16-23)50-33(40)26(22-13-9-6-10-14-22)19-21-11-7-5-8-12-21/h5-19,25,27,29-31,39,45H,20H2,1-4H3/t25?,27-,29+,30+,31?,38-/m1/s1. The minimum atomic E-state index is -2.68. The SMILES string of the molecule is COC(=O)C1=C(O)C(C(=O)OC)[C@@]2(O)[C@H](C(=O)OC)C(c3ccc(OC(=O)C(=Cc4ccccc4)c4ccccc4)cc3)C[C@H]1[C@H]2C(=O)OC. The maximum absolute atomic E-state index is 13.6. The van der Waals surface area contributed by atoms with Crippen LogP contribution in [-0.4, -0.2) is 74.1 Å². The summed E-state index contributed by atoms with van der Waals surface area (Å²) in [4.78, 5) is 66.7. The molecule has 2 aliphatic carbocycles. The van der Waals surface area contributed by atoms with Gasteiger partial charge in [-0.05, 0) is 41.3 Å². The summed E-state index contributed by atoms with van der Waals surface area (Å²) in [5.41, 5.74) is -0.974. The number of methoxy groups -OCH3 is 4. The molecule has 260 valence electrons. The van der Waals surface area contributed by atoms with E-state index in [4.69, 9.17) is 23.7 Å². The Morgan fingerprint density at radius 2 is 1.24 bits per heavy atom. The molecule has 0 radical (unpaired) electrons. The number of benzene rings is 3. The Hall–Kier alpha value is -5.75. The summed E-state index contributed by atoms with van der Waals surface area (Å²) >= 11 is 0. The summed E-state index contributed by atoms with van der Waals surface area (Å²) in [6.07, 6.45) is 1.55. The molecule has 1 saturated carbocycles. The average Bonchev–Trinajstić information content (AvgIpc) is 3.13. The Kier molecular flexibility index (Phi) is 10.5. The molecule has 0 amide bonds. The largest absolute Gasteiger partial charge is 0.511 e. The molecule has 2 bridgehead atoms. The Balaban J connectivity index is 1.57. The van der Waals surface area contributed by atoms with Gasteiger partial charge in [0.15, 0.2) is 0 Å². The zero-order valence-corrected chi connectivity index (χ0v) is 27.7. The fourth-order valence-electron chi connectivity index (χ4n) is 7.20. The summed E-state index contributed by atoms with van der Waals surface area (Å²) < 4.78 is 25.6. The number of hydrogen-bond donors (Lipinski definition) is 2. The highest BCUT2D eigenvalue weighted by Gasteiger charge is 2.71. The van der Waals surface area contributed by atoms with E-state index < -0.39 is 76.4 Å². The van der Waals surface area contributed by atoms with Crippen molar-refractivity contribution in [2.24, 2.45) is 23.7 Å². The Labute approximate surface area is 287 Å². The molecule has 0 aromatic heterocycles. The molecular formula is C38H36O12. The van der Waals surface area contributed by atoms with Crippen molar-refractivity contribution in [3.63, 3.8) is 0 Å². The van der Waals surface area contributed by atoms with Gasteiger partial charge in [0.05, 0.1) is 51.4 Å². The van der Waals surface area contributed by atoms with Crippen LogP contribution in [0.15, 0.2) is 96.3 Å². The van der Waals surface area contributed by atoms with Crippen LogP contribution in [0.2, 0.25) is 0 Å². The van der Waals surface area contributed by atoms with Crippen LogP contribution >= 0.6 is 0 Å². The summed E-state index contributed by atoms with van der Waals surface area (Å²) in [5, 5.41) is 23.8. The number of esters is 5. The van der Waals surface area contributed by atoms with Crippen molar-refractivity contribution in [2.45, 2.75) is 17.9 Å². The van der Waals surface area contributed by atoms with Crippen LogP contribution in [0.1, 0.15) is 29.0 Å². The molecule has 0 aliphatic heterocycles. The molecule has 3 aromatic rings. The molecule has 2 unspecified atom stereocenters. The van der Waals surface area contributed by atoms with Gasteiger partial charge in [0.2, 0.25) is 0 Å². The maximum Gasteiger partial charge on any atom is 0.344 e. The molecule has 0 heterocycles. The van der Waals surface area contributed by atoms with Crippen molar-refractivity contribution < 1.29 is 57.9 Å². The van der Waals surface area contributed by atoms with E-state index in [9.17, 15) is 34.2 Å². The predicted molar refractivity (Wildman–Crippen MR) is 177 cm³/mol. The normalized spacial score (nSPS) is 24.4. The van der Waals surface area contributed by atoms with Gasteiger partial charge in [-0.2, -0.15) is 0 Å². The molecule has 5 rings (SSSR count). The van der Waals surface area contributed by atoms with Crippen LogP contribution in [0.4, 0.5) is 0 Å². The van der Waals surface area contributed by atoms with Gasteiger partial charge in [0, 0.05) is 11.8 Å². The number of hydrogen-bond acceptors (Lipinski definition) is 12. The number of aliphatic hydroxyl groups is 2. The Morgan fingerprint density at radius 1 is 0.700 bits per heavy atom. The monoisotopic (exact) mass is 684 g/mol. The molecule has 0 saturated heterocycles. The van der Waals surface area contributed by atoms with E-state index in [0.29, 0.717) is 16.7 Å². The van der Waals surface area contributed by atoms with Crippen LogP contribution in [0, 0.1) is 23.7 Å². The minimum absolute atomic E-state index is 0.158. The maximum atomic E-state index is 13.6. The molecule has 3 aromatic carbocycles. The van der Waals surface area contributed by atoms with Crippen LogP contribution < -0.4 is 4.74 Å². The summed E-state index contributed by atoms with van der Waals surface area (Å²) in [7, 11) is 4.16. The average molecular weight is 685 g/mol. The van der Waals surface area contributed by atoms with E-state index in [0.717, 1.165) is 34.0 Å². The van der Waals surface area contributed by atoms with Gasteiger partial charge < -0.3 is 33.9 Å². The lowest BCUT2D eigenvalue weighted by molar-refractivity contribution is -0.208. The van der Waals surface area contributed by atoms with Crippen molar-refractivity contribution in [3.05, 3.63) is 113 Å². The topological polar surface area (TPSA) is 172 Å². The molecule has 12 heteroatoms. The molecule has 6 atom stereocenters. The van der Waals surface area contributed by atoms with Gasteiger partial charge in [-0.1, -0.05) is 72.8 Å². The van der Waals surface area contributed by atoms with Crippen molar-refractivity contribution >= 4 is 41.5 Å². The fraction of sp³-hybridized carbons (Fsp3) is 0.289. The van der Waals surface area contributed by atoms with Crippen LogP contribution in [0.3, 0.4) is 0 Å². The van der Waals surface area contributed by atoms with E-state index in [2.05, 4.69) is 0 Å². The summed E-state index contributed by atoms with van der Waals surface area (Å²) in [6, 6.07) is 24.4. The molecule has 2 aliphatic rings. The van der Waals surface area contributed by atoms with Crippen molar-refractivity contribution in [1.82, 2.24) is 0 Å². The number of carbonyl (C=O) groups is 5. The third-order valence-corrected chi connectivity index (χ3v) is 9.38. The second-order valence-corrected chi connectivity index (χ2v) is 11.9. The quantitative estimate of drug-likeness (QED) is 0.109. The molecule has 50 heavy (non-hydrogen) atoms. The summed E-state index contributed by atoms with van der Waals surface area (Å²) in [5.74, 6) is -13.3. The highest BCUT2D eigenvalue weighted by Crippen LogP contribution is 2.60. The number of carbonyl (C=O) groups excluding carboxylic acids is 5. The number of rotatable bonds is 9. The van der Waals surface area contributed by atoms with E-state index >= 15 is 0 Å². The third-order valence-electron chi connectivity index (χ3n) is 9.38. The zero-order valence-electron chi connectivity index (χ0n) is 27.7. The smallest absolute Gasteiger partial charge is 0.344 e. The van der Waals surface area contributed by atoms with Gasteiger partial charge in [0.1, 0.15) is 23.0 Å². The summed E-state index contributed by atoms with van der Waals surface area (Å²) in [6.45, 7) is 0. The Morgan fingerprint density at radius 3 is 1.78 bits per heavy atom. The third kappa shape index (κ3) is 6.37. The highest BCUT2D eigenvalue weighted by atomic mass is 16.5. The molecule has 1 fully saturated rings. The van der Waals surface area contributed by atoms with Crippen molar-refractivity contribution in [1.29, 1.82) is 0 Å². The first-order valence-electron chi connectivity index (χ1n) is 15.6. The van der Waals surface area contributed by atoms with Crippen LogP contribution in [0.5, 0.6) is 5.75 Å². The zero-order chi connectivity index (χ0) is 36.2. The number of ether oxygens (including phenoxy) is 5. The van der Waals surface area contributed by atoms with Gasteiger partial charge in [-0.15, -0.1) is 0 Å². The number of fused-ring (bicyclic) bond motifs is 2. The van der Waals surface area contributed by atoms with Gasteiger partial charge >= 0.3 is 29.8 Å². The van der Waals surface area contributed by atoms with Crippen LogP contribution in [0.25, 0.3) is 11.6 Å². The van der Waals surface area contributed by atoms with E-state index in [1.807, 2.05) is 36.4 Å². The molecule has 12 nitrogen and oxygen atoms in total. The first-order valence-corrected chi connectivity index (χ1v) is 15.6. The van der Waals surface area contributed by atoms with Gasteiger partial charge in [0.25, 0.3) is 0 Å². The van der Waals surface area contributed by atoms with Crippen molar-refractivity contribution in [2.75, 3.05) is 28.4 Å². The lowest BCUT2D eigenvalue weighted by Crippen LogP contribution is -2.68. The lowest BCUT2D eigenvalue weighted by Gasteiger charge is -2.55. The van der Waals surface area contributed by atoms with Gasteiger partial charge in [-0.3, -0.25) is 14.4 Å². The van der Waals surface area contributed by atoms with E-state index in [1.54, 1.807) is 42.5 Å². The second-order valence-electron chi connectivity index (χ2n) is 11.9.